The van der Waals surface area contributed by atoms with E-state index in [1.54, 1.807) is 18.2 Å². The fourth-order valence-corrected chi connectivity index (χ4v) is 1.97. The summed E-state index contributed by atoms with van der Waals surface area (Å²) >= 11 is 0. The Kier molecular flexibility index (Phi) is 5.13. The van der Waals surface area contributed by atoms with Crippen LogP contribution in [0.25, 0.3) is 0 Å². The first-order chi connectivity index (χ1) is 8.79. The van der Waals surface area contributed by atoms with Crippen LogP contribution in [0, 0.1) is 0 Å². The number of rotatable bonds is 7. The van der Waals surface area contributed by atoms with E-state index in [4.69, 9.17) is 11.5 Å². The van der Waals surface area contributed by atoms with Crippen LogP contribution in [0.5, 0.6) is 0 Å². The number of amides is 1. The van der Waals surface area contributed by atoms with Crippen molar-refractivity contribution in [2.75, 3.05) is 30.4 Å². The van der Waals surface area contributed by atoms with Gasteiger partial charge < -0.3 is 16.8 Å². The fourth-order valence-electron chi connectivity index (χ4n) is 1.46. The van der Waals surface area contributed by atoms with Gasteiger partial charge in [-0.15, -0.1) is 0 Å². The fraction of sp³-hybridized carbons (Fsp3) is 0.364. The van der Waals surface area contributed by atoms with Crippen LogP contribution in [-0.4, -0.2) is 33.7 Å². The topological polar surface area (TPSA) is 127 Å². The Morgan fingerprint density at radius 2 is 2.00 bits per heavy atom. The predicted octanol–water partition coefficient (Wildman–Crippen LogP) is -0.281. The zero-order valence-electron chi connectivity index (χ0n) is 10.6. The molecule has 19 heavy (non-hydrogen) atoms. The first-order valence-electron chi connectivity index (χ1n) is 5.67. The molecule has 7 nitrogen and oxygen atoms in total. The molecule has 0 bridgehead atoms. The molecular weight excluding hydrogens is 268 g/mol. The number of nitrogens with one attached hydrogen (secondary N) is 2. The van der Waals surface area contributed by atoms with E-state index < -0.39 is 15.9 Å². The quantitative estimate of drug-likeness (QED) is 0.405. The largest absolute Gasteiger partial charge is 0.398 e. The maximum Gasteiger partial charge on any atom is 0.250 e. The highest BCUT2D eigenvalue weighted by Gasteiger charge is 2.06. The maximum absolute atomic E-state index is 11.1. The second-order valence-electron chi connectivity index (χ2n) is 4.11. The van der Waals surface area contributed by atoms with Crippen molar-refractivity contribution in [3.05, 3.63) is 23.8 Å². The van der Waals surface area contributed by atoms with Crippen molar-refractivity contribution in [1.82, 2.24) is 4.72 Å². The number of nitrogens with two attached hydrogens (primary N) is 2. The van der Waals surface area contributed by atoms with Crippen LogP contribution in [0.2, 0.25) is 0 Å². The molecule has 0 aliphatic rings. The number of benzene rings is 1. The summed E-state index contributed by atoms with van der Waals surface area (Å²) < 4.78 is 24.0. The maximum atomic E-state index is 11.1. The Balaban J connectivity index is 2.46. The zero-order valence-corrected chi connectivity index (χ0v) is 11.5. The third-order valence-corrected chi connectivity index (χ3v) is 3.09. The number of anilines is 2. The smallest absolute Gasteiger partial charge is 0.250 e. The number of carbonyl (C=O) groups excluding carboxylic acids is 1. The van der Waals surface area contributed by atoms with E-state index in [0.717, 1.165) is 6.26 Å². The normalized spacial score (nSPS) is 11.2. The molecule has 1 rings (SSSR count). The van der Waals surface area contributed by atoms with E-state index in [0.29, 0.717) is 30.9 Å². The molecule has 0 fully saturated rings. The first kappa shape index (κ1) is 15.3. The van der Waals surface area contributed by atoms with Crippen LogP contribution in [0.4, 0.5) is 11.4 Å². The molecule has 0 unspecified atom stereocenters. The molecule has 1 aromatic rings. The second-order valence-corrected chi connectivity index (χ2v) is 5.95. The molecule has 0 saturated heterocycles. The monoisotopic (exact) mass is 286 g/mol. The molecule has 0 aliphatic heterocycles. The number of hydrogen-bond acceptors (Lipinski definition) is 5. The van der Waals surface area contributed by atoms with E-state index in [1.165, 1.54) is 0 Å². The summed E-state index contributed by atoms with van der Waals surface area (Å²) in [5, 5.41) is 3.06. The lowest BCUT2D eigenvalue weighted by Gasteiger charge is -2.09. The van der Waals surface area contributed by atoms with Crippen LogP contribution in [0.1, 0.15) is 16.8 Å². The van der Waals surface area contributed by atoms with Crippen molar-refractivity contribution in [3.8, 4) is 0 Å². The van der Waals surface area contributed by atoms with Gasteiger partial charge in [0, 0.05) is 24.5 Å². The standard InChI is InChI=1S/C11H18N4O3S/c1-19(17,18)15-6-2-5-14-8-3-4-10(12)9(7-8)11(13)16/h3-4,7,14-15H,2,5-6,12H2,1H3,(H2,13,16). The van der Waals surface area contributed by atoms with Crippen LogP contribution in [-0.2, 0) is 10.0 Å². The molecule has 0 saturated carbocycles. The van der Waals surface area contributed by atoms with Gasteiger partial charge in [-0.3, -0.25) is 4.79 Å². The molecule has 0 heterocycles. The Morgan fingerprint density at radius 1 is 1.32 bits per heavy atom. The lowest BCUT2D eigenvalue weighted by Crippen LogP contribution is -2.24. The molecule has 6 N–H and O–H groups in total. The summed E-state index contributed by atoms with van der Waals surface area (Å²) in [4.78, 5) is 11.1. The van der Waals surface area contributed by atoms with Gasteiger partial charge in [-0.25, -0.2) is 13.1 Å². The van der Waals surface area contributed by atoms with Crippen molar-refractivity contribution >= 4 is 27.3 Å². The molecule has 1 amide bonds. The van der Waals surface area contributed by atoms with Gasteiger partial charge in [0.1, 0.15) is 0 Å². The molecule has 8 heteroatoms. The highest BCUT2D eigenvalue weighted by Crippen LogP contribution is 2.17. The minimum absolute atomic E-state index is 0.263. The molecule has 0 aliphatic carbocycles. The molecule has 0 aromatic heterocycles. The van der Waals surface area contributed by atoms with Gasteiger partial charge in [0.25, 0.3) is 5.91 Å². The van der Waals surface area contributed by atoms with Crippen molar-refractivity contribution < 1.29 is 13.2 Å². The highest BCUT2D eigenvalue weighted by molar-refractivity contribution is 7.88. The highest BCUT2D eigenvalue weighted by atomic mass is 32.2. The van der Waals surface area contributed by atoms with Crippen LogP contribution in [0.3, 0.4) is 0 Å². The molecule has 106 valence electrons. The van der Waals surface area contributed by atoms with Crippen LogP contribution in [0.15, 0.2) is 18.2 Å². The SMILES string of the molecule is CS(=O)(=O)NCCCNc1ccc(N)c(C(N)=O)c1. The number of hydrogen-bond donors (Lipinski definition) is 4. The van der Waals surface area contributed by atoms with Gasteiger partial charge in [0.05, 0.1) is 11.8 Å². The van der Waals surface area contributed by atoms with Gasteiger partial charge in [-0.2, -0.15) is 0 Å². The number of nitrogen functional groups attached to an aromatic ring is 1. The molecular formula is C11H18N4O3S. The average Bonchev–Trinajstić information content (AvgIpc) is 2.29. The van der Waals surface area contributed by atoms with E-state index in [1.807, 2.05) is 0 Å². The van der Waals surface area contributed by atoms with E-state index >= 15 is 0 Å². The Morgan fingerprint density at radius 3 is 2.58 bits per heavy atom. The second kappa shape index (κ2) is 6.39. The van der Waals surface area contributed by atoms with Gasteiger partial charge >= 0.3 is 0 Å². The molecule has 1 aromatic carbocycles. The number of primary amides is 1. The summed E-state index contributed by atoms with van der Waals surface area (Å²) in [6.45, 7) is 0.911. The van der Waals surface area contributed by atoms with Gasteiger partial charge in [0.15, 0.2) is 0 Å². The molecule has 0 radical (unpaired) electrons. The third kappa shape index (κ3) is 5.58. The summed E-state index contributed by atoms with van der Waals surface area (Å²) in [5.74, 6) is -0.583. The molecule has 0 spiro atoms. The summed E-state index contributed by atoms with van der Waals surface area (Å²) in [5.41, 5.74) is 12.1. The minimum Gasteiger partial charge on any atom is -0.398 e. The zero-order chi connectivity index (χ0) is 14.5. The number of sulfonamides is 1. The molecule has 0 atom stereocenters. The van der Waals surface area contributed by atoms with Crippen molar-refractivity contribution in [3.63, 3.8) is 0 Å². The Bertz CT molecular complexity index is 557. The lowest BCUT2D eigenvalue weighted by molar-refractivity contribution is 0.100. The lowest BCUT2D eigenvalue weighted by atomic mass is 10.1. The van der Waals surface area contributed by atoms with Crippen molar-refractivity contribution in [1.29, 1.82) is 0 Å². The summed E-state index contributed by atoms with van der Waals surface area (Å²) in [6.07, 6.45) is 1.73. The Labute approximate surface area is 112 Å². The van der Waals surface area contributed by atoms with E-state index in [9.17, 15) is 13.2 Å². The van der Waals surface area contributed by atoms with E-state index in [2.05, 4.69) is 10.0 Å². The van der Waals surface area contributed by atoms with Crippen molar-refractivity contribution in [2.45, 2.75) is 6.42 Å². The first-order valence-corrected chi connectivity index (χ1v) is 7.56. The van der Waals surface area contributed by atoms with Crippen molar-refractivity contribution in [2.24, 2.45) is 5.73 Å². The minimum atomic E-state index is -3.15. The van der Waals surface area contributed by atoms with Gasteiger partial charge in [-0.05, 0) is 24.6 Å². The number of carbonyl (C=O) groups is 1. The van der Waals surface area contributed by atoms with Gasteiger partial charge in [-0.1, -0.05) is 0 Å². The summed E-state index contributed by atoms with van der Waals surface area (Å²) in [7, 11) is -3.15. The van der Waals surface area contributed by atoms with Crippen LogP contribution >= 0.6 is 0 Å². The third-order valence-electron chi connectivity index (χ3n) is 2.37. The van der Waals surface area contributed by atoms with Crippen LogP contribution < -0.4 is 21.5 Å². The van der Waals surface area contributed by atoms with Gasteiger partial charge in [0.2, 0.25) is 10.0 Å². The predicted molar refractivity (Wildman–Crippen MR) is 75.3 cm³/mol. The summed E-state index contributed by atoms with van der Waals surface area (Å²) in [6, 6.07) is 4.89. The Hall–Kier alpha value is -1.80. The van der Waals surface area contributed by atoms with E-state index in [-0.39, 0.29) is 5.56 Å². The average molecular weight is 286 g/mol.